The minimum atomic E-state index is 0.669. The summed E-state index contributed by atoms with van der Waals surface area (Å²) in [5, 5.41) is 0. The van der Waals surface area contributed by atoms with Gasteiger partial charge in [0.15, 0.2) is 11.5 Å². The summed E-state index contributed by atoms with van der Waals surface area (Å²) in [7, 11) is 4.98. The molecular weight excluding hydrogens is 352 g/mol. The van der Waals surface area contributed by atoms with Gasteiger partial charge in [-0.3, -0.25) is 4.90 Å². The highest BCUT2D eigenvalue weighted by molar-refractivity contribution is 5.55. The van der Waals surface area contributed by atoms with E-state index in [9.17, 15) is 0 Å². The van der Waals surface area contributed by atoms with Crippen LogP contribution in [-0.4, -0.2) is 63.9 Å². The molecule has 2 aromatic carbocycles. The van der Waals surface area contributed by atoms with E-state index in [4.69, 9.17) is 14.2 Å². The monoisotopic (exact) mass is 384 g/mol. The predicted molar refractivity (Wildman–Crippen MR) is 113 cm³/mol. The minimum Gasteiger partial charge on any atom is -0.493 e. The zero-order chi connectivity index (χ0) is 19.8. The molecule has 0 amide bonds. The summed E-state index contributed by atoms with van der Waals surface area (Å²) in [6, 6.07) is 14.8. The van der Waals surface area contributed by atoms with Crippen LogP contribution in [0.1, 0.15) is 17.5 Å². The SMILES string of the molecule is COc1ccc(CN2CCN(CCCc3ccccc3)CC2)c(OC)c1OC. The zero-order valence-corrected chi connectivity index (χ0v) is 17.3. The Hall–Kier alpha value is -2.24. The van der Waals surface area contributed by atoms with Crippen LogP contribution in [0.2, 0.25) is 0 Å². The van der Waals surface area contributed by atoms with Crippen LogP contribution in [0.25, 0.3) is 0 Å². The number of piperazine rings is 1. The van der Waals surface area contributed by atoms with Gasteiger partial charge in [0.1, 0.15) is 0 Å². The summed E-state index contributed by atoms with van der Waals surface area (Å²) >= 11 is 0. The lowest BCUT2D eigenvalue weighted by Gasteiger charge is -2.35. The van der Waals surface area contributed by atoms with Crippen molar-refractivity contribution in [1.82, 2.24) is 9.80 Å². The third-order valence-electron chi connectivity index (χ3n) is 5.43. The average Bonchev–Trinajstić information content (AvgIpc) is 2.75. The van der Waals surface area contributed by atoms with Crippen molar-refractivity contribution < 1.29 is 14.2 Å². The normalized spacial score (nSPS) is 15.4. The Balaban J connectivity index is 1.49. The molecule has 28 heavy (non-hydrogen) atoms. The van der Waals surface area contributed by atoms with E-state index in [1.165, 1.54) is 18.5 Å². The predicted octanol–water partition coefficient (Wildman–Crippen LogP) is 3.46. The number of benzene rings is 2. The quantitative estimate of drug-likeness (QED) is 0.661. The summed E-state index contributed by atoms with van der Waals surface area (Å²) in [4.78, 5) is 5.06. The van der Waals surface area contributed by atoms with Crippen LogP contribution in [0.5, 0.6) is 17.2 Å². The highest BCUT2D eigenvalue weighted by atomic mass is 16.5. The van der Waals surface area contributed by atoms with Crippen LogP contribution in [-0.2, 0) is 13.0 Å². The van der Waals surface area contributed by atoms with E-state index in [1.54, 1.807) is 21.3 Å². The highest BCUT2D eigenvalue weighted by Crippen LogP contribution is 2.40. The van der Waals surface area contributed by atoms with Gasteiger partial charge in [0.25, 0.3) is 0 Å². The first-order chi connectivity index (χ1) is 13.7. The number of methoxy groups -OCH3 is 3. The molecule has 0 spiro atoms. The maximum absolute atomic E-state index is 5.63. The molecule has 1 aliphatic rings. The molecule has 152 valence electrons. The molecule has 1 fully saturated rings. The fourth-order valence-electron chi connectivity index (χ4n) is 3.85. The van der Waals surface area contributed by atoms with E-state index in [-0.39, 0.29) is 0 Å². The number of rotatable bonds is 9. The van der Waals surface area contributed by atoms with E-state index < -0.39 is 0 Å². The highest BCUT2D eigenvalue weighted by Gasteiger charge is 2.21. The molecule has 0 aromatic heterocycles. The number of aryl methyl sites for hydroxylation is 1. The molecule has 0 radical (unpaired) electrons. The first-order valence-electron chi connectivity index (χ1n) is 10.0. The molecule has 2 aromatic rings. The fourth-order valence-corrected chi connectivity index (χ4v) is 3.85. The molecule has 0 aliphatic carbocycles. The summed E-state index contributed by atoms with van der Waals surface area (Å²) < 4.78 is 16.5. The van der Waals surface area contributed by atoms with Crippen LogP contribution in [0.3, 0.4) is 0 Å². The van der Waals surface area contributed by atoms with Gasteiger partial charge < -0.3 is 19.1 Å². The Morgan fingerprint density at radius 1 is 0.750 bits per heavy atom. The van der Waals surface area contributed by atoms with Crippen LogP contribution >= 0.6 is 0 Å². The first-order valence-corrected chi connectivity index (χ1v) is 10.0. The first kappa shape index (κ1) is 20.5. The van der Waals surface area contributed by atoms with Gasteiger partial charge in [-0.1, -0.05) is 36.4 Å². The van der Waals surface area contributed by atoms with E-state index in [0.29, 0.717) is 11.5 Å². The third-order valence-corrected chi connectivity index (χ3v) is 5.43. The largest absolute Gasteiger partial charge is 0.493 e. The van der Waals surface area contributed by atoms with E-state index in [0.717, 1.165) is 50.5 Å². The molecule has 1 saturated heterocycles. The van der Waals surface area contributed by atoms with Gasteiger partial charge >= 0.3 is 0 Å². The summed E-state index contributed by atoms with van der Waals surface area (Å²) in [6.07, 6.45) is 2.37. The lowest BCUT2D eigenvalue weighted by Crippen LogP contribution is -2.46. The molecule has 5 nitrogen and oxygen atoms in total. The van der Waals surface area contributed by atoms with Crippen molar-refractivity contribution in [2.24, 2.45) is 0 Å². The Morgan fingerprint density at radius 3 is 2.07 bits per heavy atom. The topological polar surface area (TPSA) is 34.2 Å². The zero-order valence-electron chi connectivity index (χ0n) is 17.3. The molecular formula is C23H32N2O3. The van der Waals surface area contributed by atoms with E-state index in [2.05, 4.69) is 46.2 Å². The molecule has 0 N–H and O–H groups in total. The van der Waals surface area contributed by atoms with Gasteiger partial charge in [-0.25, -0.2) is 0 Å². The molecule has 0 unspecified atom stereocenters. The molecule has 1 heterocycles. The summed E-state index contributed by atoms with van der Waals surface area (Å²) in [5.41, 5.74) is 2.57. The molecule has 3 rings (SSSR count). The van der Waals surface area contributed by atoms with E-state index in [1.807, 2.05) is 6.07 Å². The second kappa shape index (κ2) is 10.3. The summed E-state index contributed by atoms with van der Waals surface area (Å²) in [6.45, 7) is 6.41. The van der Waals surface area contributed by atoms with Crippen molar-refractivity contribution in [3.05, 3.63) is 53.6 Å². The molecule has 0 bridgehead atoms. The standard InChI is InChI=1S/C23H32N2O3/c1-26-21-12-11-20(22(27-2)23(21)28-3)18-25-16-14-24(15-17-25)13-7-10-19-8-5-4-6-9-19/h4-6,8-9,11-12H,7,10,13-18H2,1-3H3. The molecule has 5 heteroatoms. The molecule has 1 aliphatic heterocycles. The molecule has 0 saturated carbocycles. The smallest absolute Gasteiger partial charge is 0.203 e. The lowest BCUT2D eigenvalue weighted by molar-refractivity contribution is 0.125. The van der Waals surface area contributed by atoms with Gasteiger partial charge in [-0.15, -0.1) is 0 Å². The Kier molecular flexibility index (Phi) is 7.57. The summed E-state index contributed by atoms with van der Waals surface area (Å²) in [5.74, 6) is 2.14. The van der Waals surface area contributed by atoms with Crippen molar-refractivity contribution in [3.63, 3.8) is 0 Å². The Labute approximate surface area is 168 Å². The van der Waals surface area contributed by atoms with E-state index >= 15 is 0 Å². The number of ether oxygens (including phenoxy) is 3. The van der Waals surface area contributed by atoms with Gasteiger partial charge in [0.05, 0.1) is 21.3 Å². The maximum Gasteiger partial charge on any atom is 0.203 e. The van der Waals surface area contributed by atoms with Crippen LogP contribution < -0.4 is 14.2 Å². The molecule has 0 atom stereocenters. The van der Waals surface area contributed by atoms with Crippen molar-refractivity contribution in [2.45, 2.75) is 19.4 Å². The second-order valence-corrected chi connectivity index (χ2v) is 7.20. The minimum absolute atomic E-state index is 0.669. The maximum atomic E-state index is 5.63. The fraction of sp³-hybridized carbons (Fsp3) is 0.478. The third kappa shape index (κ3) is 5.18. The second-order valence-electron chi connectivity index (χ2n) is 7.20. The average molecular weight is 385 g/mol. The van der Waals surface area contributed by atoms with Gasteiger partial charge in [0.2, 0.25) is 5.75 Å². The Morgan fingerprint density at radius 2 is 1.43 bits per heavy atom. The van der Waals surface area contributed by atoms with Crippen molar-refractivity contribution in [3.8, 4) is 17.2 Å². The van der Waals surface area contributed by atoms with Crippen molar-refractivity contribution in [2.75, 3.05) is 54.1 Å². The van der Waals surface area contributed by atoms with Crippen LogP contribution in [0, 0.1) is 0 Å². The van der Waals surface area contributed by atoms with Gasteiger partial charge in [-0.05, 0) is 31.0 Å². The van der Waals surface area contributed by atoms with Gasteiger partial charge in [-0.2, -0.15) is 0 Å². The number of hydrogen-bond acceptors (Lipinski definition) is 5. The van der Waals surface area contributed by atoms with Gasteiger partial charge in [0, 0.05) is 38.3 Å². The van der Waals surface area contributed by atoms with Crippen LogP contribution in [0.15, 0.2) is 42.5 Å². The Bertz CT molecular complexity index is 728. The van der Waals surface area contributed by atoms with Crippen LogP contribution in [0.4, 0.5) is 0 Å². The lowest BCUT2D eigenvalue weighted by atomic mass is 10.1. The van der Waals surface area contributed by atoms with Crippen molar-refractivity contribution >= 4 is 0 Å². The number of nitrogens with zero attached hydrogens (tertiary/aromatic N) is 2. The van der Waals surface area contributed by atoms with Crippen molar-refractivity contribution in [1.29, 1.82) is 0 Å². The number of hydrogen-bond donors (Lipinski definition) is 0.